The van der Waals surface area contributed by atoms with E-state index in [0.717, 1.165) is 0 Å². The lowest BCUT2D eigenvalue weighted by Crippen LogP contribution is -2.12. The van der Waals surface area contributed by atoms with Crippen LogP contribution in [0.25, 0.3) is 0 Å². The lowest BCUT2D eigenvalue weighted by molar-refractivity contribution is -0.142. The van der Waals surface area contributed by atoms with Gasteiger partial charge >= 0.3 is 11.9 Å². The smallest absolute Gasteiger partial charge is 0.306 e. The van der Waals surface area contributed by atoms with Crippen molar-refractivity contribution in [3.05, 3.63) is 18.0 Å². The Morgan fingerprint density at radius 3 is 2.80 bits per heavy atom. The van der Waals surface area contributed by atoms with Gasteiger partial charge in [0.1, 0.15) is 6.26 Å². The molecule has 0 aliphatic carbocycles. The predicted octanol–water partition coefficient (Wildman–Crippen LogP) is 0.796. The Morgan fingerprint density at radius 1 is 1.60 bits per heavy atom. The second-order valence-electron chi connectivity index (χ2n) is 3.00. The monoisotopic (exact) mass is 213 g/mol. The van der Waals surface area contributed by atoms with Crippen molar-refractivity contribution >= 4 is 11.9 Å². The minimum atomic E-state index is -0.994. The summed E-state index contributed by atoms with van der Waals surface area (Å²) in [7, 11) is 1.25. The number of rotatable bonds is 5. The lowest BCUT2D eigenvalue weighted by atomic mass is 9.98. The molecular formula is C9H11NO5. The molecule has 0 aromatic carbocycles. The number of hydrogen-bond acceptors (Lipinski definition) is 5. The summed E-state index contributed by atoms with van der Waals surface area (Å²) in [6.45, 7) is 0. The fraction of sp³-hybridized carbons (Fsp3) is 0.444. The number of aromatic nitrogens is 1. The minimum Gasteiger partial charge on any atom is -0.481 e. The van der Waals surface area contributed by atoms with Gasteiger partial charge in [-0.3, -0.25) is 9.59 Å². The molecule has 1 atom stereocenters. The van der Waals surface area contributed by atoms with E-state index in [9.17, 15) is 9.59 Å². The maximum absolute atomic E-state index is 11.0. The topological polar surface area (TPSA) is 89.6 Å². The number of carboxylic acid groups (broad SMARTS) is 1. The first kappa shape index (κ1) is 11.2. The van der Waals surface area contributed by atoms with Crippen molar-refractivity contribution in [2.45, 2.75) is 18.8 Å². The summed E-state index contributed by atoms with van der Waals surface area (Å²) < 4.78 is 9.07. The van der Waals surface area contributed by atoms with Crippen LogP contribution in [-0.4, -0.2) is 29.3 Å². The van der Waals surface area contributed by atoms with Crippen LogP contribution in [0.15, 0.2) is 16.9 Å². The molecule has 0 radical (unpaired) electrons. The number of carbonyl (C=O) groups excluding carboxylic acids is 1. The zero-order valence-electron chi connectivity index (χ0n) is 8.17. The summed E-state index contributed by atoms with van der Waals surface area (Å²) in [5.41, 5.74) is 0.447. The Labute approximate surface area is 85.8 Å². The number of hydrogen-bond donors (Lipinski definition) is 1. The molecule has 1 unspecified atom stereocenters. The third-order valence-corrected chi connectivity index (χ3v) is 1.94. The highest BCUT2D eigenvalue weighted by Gasteiger charge is 2.21. The molecule has 1 N–H and O–H groups in total. The van der Waals surface area contributed by atoms with Crippen LogP contribution in [0, 0.1) is 0 Å². The number of ether oxygens (including phenoxy) is 1. The highest BCUT2D eigenvalue weighted by molar-refractivity contribution is 5.73. The van der Waals surface area contributed by atoms with Crippen LogP contribution >= 0.6 is 0 Å². The molecule has 0 saturated carbocycles. The molecule has 0 aliphatic heterocycles. The molecule has 82 valence electrons. The van der Waals surface area contributed by atoms with Gasteiger partial charge in [-0.2, -0.15) is 0 Å². The van der Waals surface area contributed by atoms with E-state index in [2.05, 4.69) is 14.4 Å². The molecule has 0 bridgehead atoms. The average Bonchev–Trinajstić information content (AvgIpc) is 2.68. The van der Waals surface area contributed by atoms with Crippen LogP contribution in [0.4, 0.5) is 0 Å². The first-order valence-corrected chi connectivity index (χ1v) is 4.32. The van der Waals surface area contributed by atoms with Gasteiger partial charge in [-0.05, 0) is 0 Å². The number of aliphatic carboxylic acids is 1. The Morgan fingerprint density at radius 2 is 2.33 bits per heavy atom. The van der Waals surface area contributed by atoms with Crippen molar-refractivity contribution in [1.29, 1.82) is 0 Å². The summed E-state index contributed by atoms with van der Waals surface area (Å²) in [5.74, 6) is -1.97. The molecule has 0 saturated heterocycles. The van der Waals surface area contributed by atoms with E-state index in [4.69, 9.17) is 5.11 Å². The van der Waals surface area contributed by atoms with Crippen molar-refractivity contribution in [3.8, 4) is 0 Å². The molecule has 6 heteroatoms. The molecule has 1 aromatic rings. The van der Waals surface area contributed by atoms with Crippen LogP contribution in [-0.2, 0) is 14.3 Å². The van der Waals surface area contributed by atoms with Crippen molar-refractivity contribution in [3.63, 3.8) is 0 Å². The van der Waals surface area contributed by atoms with Crippen LogP contribution in [0.2, 0.25) is 0 Å². The van der Waals surface area contributed by atoms with Crippen molar-refractivity contribution in [2.75, 3.05) is 7.11 Å². The van der Waals surface area contributed by atoms with E-state index >= 15 is 0 Å². The Hall–Kier alpha value is -1.85. The van der Waals surface area contributed by atoms with Crippen molar-refractivity contribution in [1.82, 2.24) is 5.16 Å². The van der Waals surface area contributed by atoms with E-state index < -0.39 is 17.9 Å². The highest BCUT2D eigenvalue weighted by Crippen LogP contribution is 2.22. The molecule has 0 fully saturated rings. The molecular weight excluding hydrogens is 202 g/mol. The zero-order chi connectivity index (χ0) is 11.3. The van der Waals surface area contributed by atoms with Crippen LogP contribution < -0.4 is 0 Å². The van der Waals surface area contributed by atoms with E-state index in [1.54, 1.807) is 0 Å². The molecule has 1 rings (SSSR count). The molecule has 15 heavy (non-hydrogen) atoms. The van der Waals surface area contributed by atoms with E-state index in [0.29, 0.717) is 5.69 Å². The molecule has 1 heterocycles. The Balaban J connectivity index is 2.70. The maximum atomic E-state index is 11.0. The molecule has 0 spiro atoms. The first-order chi connectivity index (χ1) is 7.13. The molecule has 1 aromatic heterocycles. The number of methoxy groups -OCH3 is 1. The molecule has 6 nitrogen and oxygen atoms in total. The van der Waals surface area contributed by atoms with Crippen LogP contribution in [0.3, 0.4) is 0 Å². The quantitative estimate of drug-likeness (QED) is 0.727. The number of carboxylic acids is 1. The maximum Gasteiger partial charge on any atom is 0.306 e. The van der Waals surface area contributed by atoms with E-state index in [-0.39, 0.29) is 12.8 Å². The summed E-state index contributed by atoms with van der Waals surface area (Å²) in [4.78, 5) is 21.6. The number of nitrogens with zero attached hydrogens (tertiary/aromatic N) is 1. The summed E-state index contributed by atoms with van der Waals surface area (Å²) >= 11 is 0. The van der Waals surface area contributed by atoms with E-state index in [1.165, 1.54) is 19.4 Å². The van der Waals surface area contributed by atoms with Gasteiger partial charge in [0.25, 0.3) is 0 Å². The number of carbonyl (C=O) groups is 2. The van der Waals surface area contributed by atoms with Gasteiger partial charge in [-0.15, -0.1) is 0 Å². The minimum absolute atomic E-state index is 0.0185. The third kappa shape index (κ3) is 3.41. The van der Waals surface area contributed by atoms with Gasteiger partial charge in [-0.1, -0.05) is 5.16 Å². The first-order valence-electron chi connectivity index (χ1n) is 4.32. The zero-order valence-corrected chi connectivity index (χ0v) is 8.17. The van der Waals surface area contributed by atoms with Crippen molar-refractivity contribution in [2.24, 2.45) is 0 Å². The standard InChI is InChI=1S/C9H11NO5/c1-14-9(13)5-6(4-8(11)12)7-2-3-15-10-7/h2-3,6H,4-5H2,1H3,(H,11,12). The Kier molecular flexibility index (Phi) is 3.84. The van der Waals surface area contributed by atoms with E-state index in [1.807, 2.05) is 0 Å². The summed E-state index contributed by atoms with van der Waals surface area (Å²) in [6.07, 6.45) is 1.14. The van der Waals surface area contributed by atoms with Gasteiger partial charge in [-0.25, -0.2) is 0 Å². The largest absolute Gasteiger partial charge is 0.481 e. The van der Waals surface area contributed by atoms with Gasteiger partial charge in [0.05, 0.1) is 25.6 Å². The summed E-state index contributed by atoms with van der Waals surface area (Å²) in [5, 5.41) is 12.3. The second kappa shape index (κ2) is 5.14. The number of esters is 1. The van der Waals surface area contributed by atoms with Crippen LogP contribution in [0.1, 0.15) is 24.5 Å². The molecule has 0 aliphatic rings. The lowest BCUT2D eigenvalue weighted by Gasteiger charge is -2.09. The van der Waals surface area contributed by atoms with Crippen LogP contribution in [0.5, 0.6) is 0 Å². The second-order valence-corrected chi connectivity index (χ2v) is 3.00. The fourth-order valence-corrected chi connectivity index (χ4v) is 1.21. The van der Waals surface area contributed by atoms with Gasteiger partial charge < -0.3 is 14.4 Å². The molecule has 0 amide bonds. The average molecular weight is 213 g/mol. The fourth-order valence-electron chi connectivity index (χ4n) is 1.21. The Bertz CT molecular complexity index is 332. The third-order valence-electron chi connectivity index (χ3n) is 1.94. The van der Waals surface area contributed by atoms with Gasteiger partial charge in [0.15, 0.2) is 0 Å². The normalized spacial score (nSPS) is 12.1. The van der Waals surface area contributed by atoms with Gasteiger partial charge in [0.2, 0.25) is 0 Å². The summed E-state index contributed by atoms with van der Waals surface area (Å²) in [6, 6.07) is 1.54. The highest BCUT2D eigenvalue weighted by atomic mass is 16.5. The van der Waals surface area contributed by atoms with Gasteiger partial charge in [0, 0.05) is 12.0 Å². The van der Waals surface area contributed by atoms with Crippen molar-refractivity contribution < 1.29 is 24.0 Å². The predicted molar refractivity (Wildman–Crippen MR) is 48.1 cm³/mol. The SMILES string of the molecule is COC(=O)CC(CC(=O)O)c1ccon1.